The van der Waals surface area contributed by atoms with Crippen LogP contribution in [0.15, 0.2) is 30.3 Å². The Balaban J connectivity index is 0.000000293. The minimum absolute atomic E-state index is 0.331. The van der Waals surface area contributed by atoms with E-state index in [-0.39, 0.29) is 0 Å². The van der Waals surface area contributed by atoms with Crippen molar-refractivity contribution >= 4 is 5.97 Å². The Kier molecular flexibility index (Phi) is 9.32. The van der Waals surface area contributed by atoms with Crippen LogP contribution >= 0.6 is 0 Å². The van der Waals surface area contributed by atoms with Gasteiger partial charge in [0, 0.05) is 0 Å². The van der Waals surface area contributed by atoms with E-state index in [0.717, 1.165) is 6.54 Å². The van der Waals surface area contributed by atoms with E-state index in [4.69, 9.17) is 10.8 Å². The van der Waals surface area contributed by atoms with E-state index < -0.39 is 5.97 Å². The van der Waals surface area contributed by atoms with Crippen molar-refractivity contribution in [3.8, 4) is 0 Å². The molecule has 0 aliphatic rings. The summed E-state index contributed by atoms with van der Waals surface area (Å²) in [4.78, 5) is 10.2. The van der Waals surface area contributed by atoms with Crippen LogP contribution in [0.2, 0.25) is 0 Å². The molecule has 0 atom stereocenters. The van der Waals surface area contributed by atoms with Gasteiger partial charge in [-0.05, 0) is 25.1 Å². The highest BCUT2D eigenvalue weighted by Gasteiger charge is 1.96. The number of hydrogen-bond donors (Lipinski definition) is 2. The van der Waals surface area contributed by atoms with E-state index in [9.17, 15) is 4.79 Å². The molecule has 0 aliphatic carbocycles. The summed E-state index contributed by atoms with van der Waals surface area (Å²) in [6, 6.07) is 8.30. The first-order valence-electron chi connectivity index (χ1n) is 5.70. The fraction of sp³-hybridized carbons (Fsp3) is 0.462. The third kappa shape index (κ3) is 8.00. The molecule has 1 aromatic rings. The van der Waals surface area contributed by atoms with Gasteiger partial charge in [-0.3, -0.25) is 0 Å². The summed E-state index contributed by atoms with van der Waals surface area (Å²) in [6.45, 7) is 3.07. The number of benzene rings is 1. The topological polar surface area (TPSA) is 63.3 Å². The number of carbonyl (C=O) groups is 1. The van der Waals surface area contributed by atoms with Gasteiger partial charge in [0.2, 0.25) is 0 Å². The molecule has 3 nitrogen and oxygen atoms in total. The molecular formula is C13H21NO2. The second-order valence-corrected chi connectivity index (χ2v) is 3.52. The van der Waals surface area contributed by atoms with Crippen molar-refractivity contribution in [3.05, 3.63) is 35.9 Å². The SMILES string of the molecule is CCCCCCN.O=C(O)c1ccccc1. The molecule has 0 saturated heterocycles. The van der Waals surface area contributed by atoms with E-state index in [0.29, 0.717) is 5.56 Å². The molecule has 0 unspecified atom stereocenters. The van der Waals surface area contributed by atoms with Crippen LogP contribution in [0, 0.1) is 0 Å². The summed E-state index contributed by atoms with van der Waals surface area (Å²) in [7, 11) is 0. The fourth-order valence-corrected chi connectivity index (χ4v) is 1.15. The minimum Gasteiger partial charge on any atom is -0.478 e. The fourth-order valence-electron chi connectivity index (χ4n) is 1.15. The molecule has 0 bridgehead atoms. The first kappa shape index (κ1) is 14.6. The maximum Gasteiger partial charge on any atom is 0.335 e. The standard InChI is InChI=1S/C7H6O2.C6H15N/c8-7(9)6-4-2-1-3-5-6;1-2-3-4-5-6-7/h1-5H,(H,8,9);2-7H2,1H3. The van der Waals surface area contributed by atoms with Crippen molar-refractivity contribution in [3.63, 3.8) is 0 Å². The Hall–Kier alpha value is -1.35. The Morgan fingerprint density at radius 2 is 1.81 bits per heavy atom. The van der Waals surface area contributed by atoms with Crippen molar-refractivity contribution in [1.82, 2.24) is 0 Å². The first-order chi connectivity index (χ1) is 7.72. The molecule has 0 aliphatic heterocycles. The minimum atomic E-state index is -0.879. The summed E-state index contributed by atoms with van der Waals surface area (Å²) >= 11 is 0. The van der Waals surface area contributed by atoms with Crippen molar-refractivity contribution in [2.45, 2.75) is 32.6 Å². The molecular weight excluding hydrogens is 202 g/mol. The van der Waals surface area contributed by atoms with Crippen LogP contribution in [0.25, 0.3) is 0 Å². The van der Waals surface area contributed by atoms with Crippen molar-refractivity contribution < 1.29 is 9.90 Å². The quantitative estimate of drug-likeness (QED) is 0.754. The number of rotatable bonds is 5. The van der Waals surface area contributed by atoms with Gasteiger partial charge in [-0.2, -0.15) is 0 Å². The van der Waals surface area contributed by atoms with Gasteiger partial charge in [-0.15, -0.1) is 0 Å². The zero-order valence-electron chi connectivity index (χ0n) is 9.86. The molecule has 0 amide bonds. The van der Waals surface area contributed by atoms with E-state index in [2.05, 4.69) is 6.92 Å². The van der Waals surface area contributed by atoms with Gasteiger partial charge in [0.25, 0.3) is 0 Å². The van der Waals surface area contributed by atoms with E-state index in [1.54, 1.807) is 30.3 Å². The highest BCUT2D eigenvalue weighted by Crippen LogP contribution is 1.96. The van der Waals surface area contributed by atoms with Gasteiger partial charge < -0.3 is 10.8 Å². The van der Waals surface area contributed by atoms with Gasteiger partial charge in [-0.25, -0.2) is 4.79 Å². The molecule has 3 N–H and O–H groups in total. The van der Waals surface area contributed by atoms with Crippen LogP contribution < -0.4 is 5.73 Å². The second-order valence-electron chi connectivity index (χ2n) is 3.52. The third-order valence-corrected chi connectivity index (χ3v) is 2.08. The van der Waals surface area contributed by atoms with Crippen LogP contribution in [0.5, 0.6) is 0 Å². The van der Waals surface area contributed by atoms with Crippen LogP contribution in [0.3, 0.4) is 0 Å². The number of unbranched alkanes of at least 4 members (excludes halogenated alkanes) is 3. The number of nitrogens with two attached hydrogens (primary N) is 1. The second kappa shape index (κ2) is 10.2. The van der Waals surface area contributed by atoms with Crippen LogP contribution in [-0.2, 0) is 0 Å². The Bertz CT molecular complexity index is 269. The molecule has 1 aromatic carbocycles. The number of aromatic carboxylic acids is 1. The molecule has 0 radical (unpaired) electrons. The van der Waals surface area contributed by atoms with Crippen molar-refractivity contribution in [1.29, 1.82) is 0 Å². The monoisotopic (exact) mass is 223 g/mol. The van der Waals surface area contributed by atoms with Gasteiger partial charge in [0.15, 0.2) is 0 Å². The summed E-state index contributed by atoms with van der Waals surface area (Å²) < 4.78 is 0. The lowest BCUT2D eigenvalue weighted by Gasteiger charge is -1.90. The first-order valence-corrected chi connectivity index (χ1v) is 5.70. The predicted molar refractivity (Wildman–Crippen MR) is 66.6 cm³/mol. The maximum atomic E-state index is 10.2. The Labute approximate surface area is 97.3 Å². The van der Waals surface area contributed by atoms with Gasteiger partial charge in [0.1, 0.15) is 0 Å². The largest absolute Gasteiger partial charge is 0.478 e. The highest BCUT2D eigenvalue weighted by atomic mass is 16.4. The zero-order chi connectivity index (χ0) is 12.2. The van der Waals surface area contributed by atoms with Crippen LogP contribution in [0.1, 0.15) is 43.0 Å². The number of hydrogen-bond acceptors (Lipinski definition) is 2. The highest BCUT2D eigenvalue weighted by molar-refractivity contribution is 5.87. The number of carboxylic acids is 1. The molecule has 3 heteroatoms. The molecule has 16 heavy (non-hydrogen) atoms. The molecule has 0 fully saturated rings. The van der Waals surface area contributed by atoms with E-state index in [1.807, 2.05) is 0 Å². The lowest BCUT2D eigenvalue weighted by molar-refractivity contribution is 0.0697. The van der Waals surface area contributed by atoms with E-state index >= 15 is 0 Å². The normalized spacial score (nSPS) is 9.12. The average molecular weight is 223 g/mol. The van der Waals surface area contributed by atoms with Gasteiger partial charge in [-0.1, -0.05) is 44.4 Å². The molecule has 0 aromatic heterocycles. The molecule has 0 spiro atoms. The lowest BCUT2D eigenvalue weighted by Crippen LogP contribution is -1.97. The lowest BCUT2D eigenvalue weighted by atomic mass is 10.2. The number of carboxylic acid groups (broad SMARTS) is 1. The molecule has 0 saturated carbocycles. The van der Waals surface area contributed by atoms with Crippen LogP contribution in [0.4, 0.5) is 0 Å². The summed E-state index contributed by atoms with van der Waals surface area (Å²) in [5, 5.41) is 8.38. The summed E-state index contributed by atoms with van der Waals surface area (Å²) in [5.74, 6) is -0.879. The molecule has 90 valence electrons. The maximum absolute atomic E-state index is 10.2. The van der Waals surface area contributed by atoms with Gasteiger partial charge >= 0.3 is 5.97 Å². The Morgan fingerprint density at radius 1 is 1.19 bits per heavy atom. The molecule has 1 rings (SSSR count). The molecule has 0 heterocycles. The predicted octanol–water partition coefficient (Wildman–Crippen LogP) is 2.91. The third-order valence-electron chi connectivity index (χ3n) is 2.08. The average Bonchev–Trinajstić information content (AvgIpc) is 2.32. The van der Waals surface area contributed by atoms with Crippen molar-refractivity contribution in [2.24, 2.45) is 5.73 Å². The van der Waals surface area contributed by atoms with Gasteiger partial charge in [0.05, 0.1) is 5.56 Å². The Morgan fingerprint density at radius 3 is 2.19 bits per heavy atom. The zero-order valence-corrected chi connectivity index (χ0v) is 9.86. The summed E-state index contributed by atoms with van der Waals surface area (Å²) in [5.41, 5.74) is 5.60. The smallest absolute Gasteiger partial charge is 0.335 e. The van der Waals surface area contributed by atoms with Crippen molar-refractivity contribution in [2.75, 3.05) is 6.54 Å². The van der Waals surface area contributed by atoms with E-state index in [1.165, 1.54) is 25.7 Å². The van der Waals surface area contributed by atoms with Crippen LogP contribution in [-0.4, -0.2) is 17.6 Å². The summed E-state index contributed by atoms with van der Waals surface area (Å²) in [6.07, 6.45) is 5.16.